The van der Waals surface area contributed by atoms with Gasteiger partial charge in [0.25, 0.3) is 17.5 Å². The van der Waals surface area contributed by atoms with Crippen molar-refractivity contribution in [3.05, 3.63) is 23.3 Å². The summed E-state index contributed by atoms with van der Waals surface area (Å²) in [5.74, 6) is -0.747. The minimum Gasteiger partial charge on any atom is -0.450 e. The molecule has 2 heterocycles. The molecular weight excluding hydrogens is 286 g/mol. The predicted octanol–water partition coefficient (Wildman–Crippen LogP) is 0.766. The Balaban J connectivity index is 2.10. The lowest BCUT2D eigenvalue weighted by Crippen LogP contribution is -2.34. The van der Waals surface area contributed by atoms with Gasteiger partial charge < -0.3 is 9.64 Å². The quantitative estimate of drug-likeness (QED) is 0.758. The summed E-state index contributed by atoms with van der Waals surface area (Å²) >= 11 is 0. The van der Waals surface area contributed by atoms with Crippen LogP contribution in [-0.4, -0.2) is 56.1 Å². The number of carbonyl (C=O) groups excluding carboxylic acids is 2. The van der Waals surface area contributed by atoms with E-state index in [2.05, 4.69) is 15.1 Å². The summed E-state index contributed by atoms with van der Waals surface area (Å²) in [6, 6.07) is 1.83. The fourth-order valence-electron chi connectivity index (χ4n) is 2.11. The van der Waals surface area contributed by atoms with Gasteiger partial charge in [-0.15, -0.1) is 5.10 Å². The lowest BCUT2D eigenvalue weighted by atomic mass is 10.4. The first-order chi connectivity index (χ1) is 10.5. The van der Waals surface area contributed by atoms with Gasteiger partial charge in [-0.3, -0.25) is 4.79 Å². The molecule has 1 amide bonds. The van der Waals surface area contributed by atoms with Gasteiger partial charge in [0.05, 0.1) is 0 Å². The van der Waals surface area contributed by atoms with Crippen molar-refractivity contribution in [2.24, 2.45) is 0 Å². The van der Waals surface area contributed by atoms with E-state index in [4.69, 9.17) is 4.74 Å². The Labute approximate surface area is 128 Å². The van der Waals surface area contributed by atoms with Gasteiger partial charge in [0, 0.05) is 24.5 Å². The molecule has 0 spiro atoms. The molecule has 2 aromatic heterocycles. The van der Waals surface area contributed by atoms with Crippen LogP contribution in [0.15, 0.2) is 6.07 Å². The number of fused-ring (bicyclic) bond motifs is 1. The highest BCUT2D eigenvalue weighted by Gasteiger charge is 2.19. The molecule has 0 fully saturated rings. The Morgan fingerprint density at radius 2 is 1.91 bits per heavy atom. The van der Waals surface area contributed by atoms with Crippen LogP contribution in [-0.2, 0) is 9.53 Å². The van der Waals surface area contributed by atoms with Crippen molar-refractivity contribution in [2.75, 3.05) is 19.7 Å². The van der Waals surface area contributed by atoms with Gasteiger partial charge in [0.15, 0.2) is 6.61 Å². The zero-order valence-electron chi connectivity index (χ0n) is 13.2. The summed E-state index contributed by atoms with van der Waals surface area (Å²) in [5.41, 5.74) is 1.60. The molecule has 118 valence electrons. The number of ether oxygens (including phenoxy) is 1. The number of carbonyl (C=O) groups is 2. The van der Waals surface area contributed by atoms with Gasteiger partial charge in [0.2, 0.25) is 0 Å². The van der Waals surface area contributed by atoms with E-state index in [1.807, 2.05) is 33.8 Å². The van der Waals surface area contributed by atoms with Crippen LogP contribution >= 0.6 is 0 Å². The average Bonchev–Trinajstić information content (AvgIpc) is 2.90. The highest BCUT2D eigenvalue weighted by atomic mass is 16.5. The third kappa shape index (κ3) is 3.21. The third-order valence-electron chi connectivity index (χ3n) is 3.24. The van der Waals surface area contributed by atoms with Crippen LogP contribution < -0.4 is 0 Å². The van der Waals surface area contributed by atoms with Crippen LogP contribution in [0.2, 0.25) is 0 Å². The molecular formula is C14H19N5O3. The van der Waals surface area contributed by atoms with E-state index in [0.717, 1.165) is 11.4 Å². The summed E-state index contributed by atoms with van der Waals surface area (Å²) in [4.78, 5) is 33.6. The predicted molar refractivity (Wildman–Crippen MR) is 78.5 cm³/mol. The van der Waals surface area contributed by atoms with Crippen molar-refractivity contribution in [2.45, 2.75) is 27.7 Å². The van der Waals surface area contributed by atoms with Crippen molar-refractivity contribution >= 4 is 17.7 Å². The van der Waals surface area contributed by atoms with Crippen LogP contribution in [0.5, 0.6) is 0 Å². The molecule has 0 saturated carbocycles. The molecule has 0 aliphatic carbocycles. The molecule has 0 atom stereocenters. The van der Waals surface area contributed by atoms with E-state index in [-0.39, 0.29) is 18.3 Å². The Bertz CT molecular complexity index is 706. The van der Waals surface area contributed by atoms with E-state index < -0.39 is 5.97 Å². The third-order valence-corrected chi connectivity index (χ3v) is 3.24. The number of hydrogen-bond acceptors (Lipinski definition) is 6. The van der Waals surface area contributed by atoms with E-state index >= 15 is 0 Å². The molecule has 0 bridgehead atoms. The van der Waals surface area contributed by atoms with Gasteiger partial charge in [0.1, 0.15) is 0 Å². The Morgan fingerprint density at radius 3 is 2.55 bits per heavy atom. The largest absolute Gasteiger partial charge is 0.450 e. The molecule has 0 aromatic carbocycles. The van der Waals surface area contributed by atoms with Gasteiger partial charge in [-0.25, -0.2) is 14.3 Å². The average molecular weight is 305 g/mol. The Kier molecular flexibility index (Phi) is 4.69. The van der Waals surface area contributed by atoms with Gasteiger partial charge in [-0.1, -0.05) is 0 Å². The van der Waals surface area contributed by atoms with Crippen LogP contribution in [0.25, 0.3) is 5.78 Å². The van der Waals surface area contributed by atoms with E-state index in [0.29, 0.717) is 18.9 Å². The molecule has 0 aliphatic rings. The normalized spacial score (nSPS) is 10.7. The lowest BCUT2D eigenvalue weighted by Gasteiger charge is -2.17. The standard InChI is InChI=1S/C14H19N5O3/c1-5-18(6-2)11(20)8-22-13(21)12-16-14-15-9(3)7-10(4)19(14)17-12/h7H,5-6,8H2,1-4H3. The van der Waals surface area contributed by atoms with Crippen LogP contribution in [0, 0.1) is 13.8 Å². The zero-order valence-corrected chi connectivity index (χ0v) is 13.2. The minimum atomic E-state index is -0.733. The van der Waals surface area contributed by atoms with Crippen molar-refractivity contribution in [1.29, 1.82) is 0 Å². The number of hydrogen-bond donors (Lipinski definition) is 0. The monoisotopic (exact) mass is 305 g/mol. The number of aromatic nitrogens is 4. The van der Waals surface area contributed by atoms with Gasteiger partial charge in [-0.05, 0) is 33.8 Å². The molecule has 0 aliphatic heterocycles. The Hall–Kier alpha value is -2.51. The molecule has 0 unspecified atom stereocenters. The molecule has 0 saturated heterocycles. The van der Waals surface area contributed by atoms with E-state index in [1.54, 1.807) is 4.90 Å². The summed E-state index contributed by atoms with van der Waals surface area (Å²) in [6.45, 7) is 8.23. The lowest BCUT2D eigenvalue weighted by molar-refractivity contribution is -0.134. The van der Waals surface area contributed by atoms with E-state index in [9.17, 15) is 9.59 Å². The first kappa shape index (κ1) is 15.9. The SMILES string of the molecule is CCN(CC)C(=O)COC(=O)c1nc2nc(C)cc(C)n2n1. The van der Waals surface area contributed by atoms with Crippen molar-refractivity contribution in [3.8, 4) is 0 Å². The fraction of sp³-hybridized carbons (Fsp3) is 0.500. The smallest absolute Gasteiger partial charge is 0.378 e. The summed E-state index contributed by atoms with van der Waals surface area (Å²) in [5, 5.41) is 4.06. The van der Waals surface area contributed by atoms with Crippen LogP contribution in [0.1, 0.15) is 35.9 Å². The van der Waals surface area contributed by atoms with Crippen LogP contribution in [0.4, 0.5) is 0 Å². The first-order valence-corrected chi connectivity index (χ1v) is 7.12. The minimum absolute atomic E-state index is 0.103. The molecule has 0 radical (unpaired) electrons. The topological polar surface area (TPSA) is 89.7 Å². The summed E-state index contributed by atoms with van der Waals surface area (Å²) < 4.78 is 6.45. The molecule has 2 aromatic rings. The molecule has 22 heavy (non-hydrogen) atoms. The summed E-state index contributed by atoms with van der Waals surface area (Å²) in [7, 11) is 0. The summed E-state index contributed by atoms with van der Waals surface area (Å²) in [6.07, 6.45) is 0. The number of nitrogens with zero attached hydrogens (tertiary/aromatic N) is 5. The van der Waals surface area contributed by atoms with Crippen LogP contribution in [0.3, 0.4) is 0 Å². The van der Waals surface area contributed by atoms with E-state index in [1.165, 1.54) is 4.52 Å². The van der Waals surface area contributed by atoms with Gasteiger partial charge >= 0.3 is 5.97 Å². The highest BCUT2D eigenvalue weighted by Crippen LogP contribution is 2.06. The number of aryl methyl sites for hydroxylation is 2. The molecule has 8 heteroatoms. The first-order valence-electron chi connectivity index (χ1n) is 7.12. The number of likely N-dealkylation sites (N-methyl/N-ethyl adjacent to an activating group) is 1. The number of esters is 1. The fourth-order valence-corrected chi connectivity index (χ4v) is 2.11. The van der Waals surface area contributed by atoms with Crippen molar-refractivity contribution in [1.82, 2.24) is 24.5 Å². The van der Waals surface area contributed by atoms with Crippen molar-refractivity contribution in [3.63, 3.8) is 0 Å². The maximum absolute atomic E-state index is 12.0. The van der Waals surface area contributed by atoms with Gasteiger partial charge in [-0.2, -0.15) is 4.98 Å². The zero-order chi connectivity index (χ0) is 16.3. The Morgan fingerprint density at radius 1 is 1.23 bits per heavy atom. The maximum Gasteiger partial charge on any atom is 0.378 e. The number of rotatable bonds is 5. The molecule has 0 N–H and O–H groups in total. The number of amides is 1. The second kappa shape index (κ2) is 6.50. The second-order valence-corrected chi connectivity index (χ2v) is 4.83. The maximum atomic E-state index is 12.0. The molecule has 8 nitrogen and oxygen atoms in total. The van der Waals surface area contributed by atoms with Crippen molar-refractivity contribution < 1.29 is 14.3 Å². The second-order valence-electron chi connectivity index (χ2n) is 4.83. The molecule has 2 rings (SSSR count). The highest BCUT2D eigenvalue weighted by molar-refractivity contribution is 5.88.